The quantitative estimate of drug-likeness (QED) is 0.542. The standard InChI is InChI=1S/C15H13N5O/c16-15(19-13-12(14(21)20-15)17-8-18-13)11-7-3-5-9-4-1-2-6-10(9)11/h1-8,19H,16H2,(H,17,18)(H,20,21). The van der Waals surface area contributed by atoms with Gasteiger partial charge in [0.1, 0.15) is 5.82 Å². The molecular weight excluding hydrogens is 266 g/mol. The molecule has 0 saturated heterocycles. The highest BCUT2D eigenvalue weighted by molar-refractivity contribution is 6.00. The zero-order chi connectivity index (χ0) is 14.4. The van der Waals surface area contributed by atoms with Gasteiger partial charge in [0.05, 0.1) is 6.33 Å². The van der Waals surface area contributed by atoms with Gasteiger partial charge in [-0.3, -0.25) is 10.5 Å². The van der Waals surface area contributed by atoms with Crippen LogP contribution in [0.5, 0.6) is 0 Å². The number of benzene rings is 2. The van der Waals surface area contributed by atoms with E-state index in [1.807, 2.05) is 42.5 Å². The lowest BCUT2D eigenvalue weighted by Crippen LogP contribution is -2.61. The van der Waals surface area contributed by atoms with Crippen molar-refractivity contribution in [3.8, 4) is 0 Å². The number of fused-ring (bicyclic) bond motifs is 2. The fraction of sp³-hybridized carbons (Fsp3) is 0.0667. The third kappa shape index (κ3) is 1.70. The van der Waals surface area contributed by atoms with Crippen LogP contribution in [0.3, 0.4) is 0 Å². The van der Waals surface area contributed by atoms with Gasteiger partial charge in [-0.05, 0) is 10.8 Å². The van der Waals surface area contributed by atoms with E-state index in [2.05, 4.69) is 20.6 Å². The number of anilines is 1. The van der Waals surface area contributed by atoms with Crippen molar-refractivity contribution in [2.45, 2.75) is 5.79 Å². The minimum Gasteiger partial charge on any atom is -0.331 e. The van der Waals surface area contributed by atoms with E-state index in [0.29, 0.717) is 11.5 Å². The summed E-state index contributed by atoms with van der Waals surface area (Å²) < 4.78 is 0. The molecule has 6 nitrogen and oxygen atoms in total. The fourth-order valence-electron chi connectivity index (χ4n) is 2.73. The van der Waals surface area contributed by atoms with Crippen LogP contribution in [0, 0.1) is 0 Å². The normalized spacial score (nSPS) is 20.7. The maximum absolute atomic E-state index is 12.2. The largest absolute Gasteiger partial charge is 0.331 e. The van der Waals surface area contributed by atoms with E-state index in [1.54, 1.807) is 0 Å². The molecule has 1 aromatic heterocycles. The number of hydrogen-bond donors (Lipinski definition) is 4. The average molecular weight is 279 g/mol. The fourth-order valence-corrected chi connectivity index (χ4v) is 2.73. The second-order valence-electron chi connectivity index (χ2n) is 5.04. The van der Waals surface area contributed by atoms with E-state index in [0.717, 1.165) is 16.3 Å². The summed E-state index contributed by atoms with van der Waals surface area (Å²) in [5, 5.41) is 7.95. The molecule has 3 aromatic rings. The molecule has 1 aliphatic heterocycles. The average Bonchev–Trinajstić information content (AvgIpc) is 2.95. The summed E-state index contributed by atoms with van der Waals surface area (Å²) in [6.45, 7) is 0. The highest BCUT2D eigenvalue weighted by Crippen LogP contribution is 2.30. The summed E-state index contributed by atoms with van der Waals surface area (Å²) in [7, 11) is 0. The predicted molar refractivity (Wildman–Crippen MR) is 79.5 cm³/mol. The van der Waals surface area contributed by atoms with E-state index in [9.17, 15) is 4.79 Å². The molecule has 1 amide bonds. The van der Waals surface area contributed by atoms with Crippen LogP contribution in [0.2, 0.25) is 0 Å². The minimum absolute atomic E-state index is 0.305. The monoisotopic (exact) mass is 279 g/mol. The van der Waals surface area contributed by atoms with Crippen molar-refractivity contribution in [3.63, 3.8) is 0 Å². The Kier molecular flexibility index (Phi) is 2.31. The Labute approximate surface area is 120 Å². The van der Waals surface area contributed by atoms with Gasteiger partial charge >= 0.3 is 0 Å². The lowest BCUT2D eigenvalue weighted by molar-refractivity contribution is 0.0897. The van der Waals surface area contributed by atoms with Gasteiger partial charge in [-0.15, -0.1) is 0 Å². The molecule has 0 fully saturated rings. The van der Waals surface area contributed by atoms with Gasteiger partial charge in [0, 0.05) is 5.56 Å². The Morgan fingerprint density at radius 1 is 1.05 bits per heavy atom. The first kappa shape index (κ1) is 11.9. The lowest BCUT2D eigenvalue weighted by atomic mass is 9.98. The molecule has 0 spiro atoms. The van der Waals surface area contributed by atoms with Crippen LogP contribution in [0.1, 0.15) is 16.1 Å². The third-order valence-electron chi connectivity index (χ3n) is 3.70. The summed E-state index contributed by atoms with van der Waals surface area (Å²) in [4.78, 5) is 19.0. The number of hydrogen-bond acceptors (Lipinski definition) is 4. The van der Waals surface area contributed by atoms with Gasteiger partial charge in [0.2, 0.25) is 0 Å². The van der Waals surface area contributed by atoms with E-state index in [-0.39, 0.29) is 5.91 Å². The Bertz CT molecular complexity index is 851. The first-order valence-corrected chi connectivity index (χ1v) is 6.58. The molecule has 1 atom stereocenters. The Morgan fingerprint density at radius 2 is 1.86 bits per heavy atom. The van der Waals surface area contributed by atoms with Crippen molar-refractivity contribution in [2.24, 2.45) is 5.73 Å². The van der Waals surface area contributed by atoms with Crippen molar-refractivity contribution in [1.29, 1.82) is 0 Å². The molecule has 0 bridgehead atoms. The topological polar surface area (TPSA) is 95.8 Å². The summed E-state index contributed by atoms with van der Waals surface area (Å²) in [5.74, 6) is -0.966. The van der Waals surface area contributed by atoms with Crippen LogP contribution >= 0.6 is 0 Å². The van der Waals surface area contributed by atoms with Crippen molar-refractivity contribution in [3.05, 3.63) is 60.0 Å². The second kappa shape index (κ2) is 4.07. The van der Waals surface area contributed by atoms with Gasteiger partial charge < -0.3 is 15.6 Å². The lowest BCUT2D eigenvalue weighted by Gasteiger charge is -2.36. The number of carbonyl (C=O) groups is 1. The highest BCUT2D eigenvalue weighted by atomic mass is 16.2. The maximum atomic E-state index is 12.2. The molecule has 0 radical (unpaired) electrons. The number of imidazole rings is 1. The van der Waals surface area contributed by atoms with E-state index in [4.69, 9.17) is 5.73 Å². The number of aromatic nitrogens is 2. The van der Waals surface area contributed by atoms with Gasteiger partial charge in [-0.1, -0.05) is 42.5 Å². The van der Waals surface area contributed by atoms with Gasteiger partial charge in [-0.25, -0.2) is 4.98 Å². The molecule has 1 aliphatic rings. The number of amides is 1. The number of carbonyl (C=O) groups excluding carboxylic acids is 1. The van der Waals surface area contributed by atoms with E-state index < -0.39 is 5.79 Å². The van der Waals surface area contributed by atoms with Gasteiger partial charge in [0.15, 0.2) is 11.5 Å². The predicted octanol–water partition coefficient (Wildman–Crippen LogP) is 1.49. The van der Waals surface area contributed by atoms with Crippen molar-refractivity contribution < 1.29 is 4.79 Å². The first-order valence-electron chi connectivity index (χ1n) is 6.58. The molecule has 0 aliphatic carbocycles. The number of rotatable bonds is 1. The Hall–Kier alpha value is -2.86. The van der Waals surface area contributed by atoms with Crippen LogP contribution in [0.4, 0.5) is 5.82 Å². The van der Waals surface area contributed by atoms with Crippen LogP contribution < -0.4 is 16.4 Å². The molecule has 0 saturated carbocycles. The number of nitrogens with one attached hydrogen (secondary N) is 3. The SMILES string of the molecule is NC1(c2cccc3ccccc23)NC(=O)c2nc[nH]c2N1. The molecule has 4 rings (SSSR count). The highest BCUT2D eigenvalue weighted by Gasteiger charge is 2.38. The molecule has 2 aromatic carbocycles. The van der Waals surface area contributed by atoms with Gasteiger partial charge in [0.25, 0.3) is 5.91 Å². The third-order valence-corrected chi connectivity index (χ3v) is 3.70. The van der Waals surface area contributed by atoms with E-state index in [1.165, 1.54) is 6.33 Å². The number of nitrogens with two attached hydrogens (primary N) is 1. The van der Waals surface area contributed by atoms with Crippen molar-refractivity contribution >= 4 is 22.5 Å². The van der Waals surface area contributed by atoms with E-state index >= 15 is 0 Å². The number of nitrogens with zero attached hydrogens (tertiary/aromatic N) is 1. The number of H-pyrrole nitrogens is 1. The summed E-state index contributed by atoms with van der Waals surface area (Å²) >= 11 is 0. The molecule has 6 heteroatoms. The summed E-state index contributed by atoms with van der Waals surface area (Å²) in [5.41, 5.74) is 7.54. The number of aromatic amines is 1. The Balaban J connectivity index is 1.91. The molecule has 1 unspecified atom stereocenters. The molecule has 2 heterocycles. The zero-order valence-electron chi connectivity index (χ0n) is 11.1. The minimum atomic E-state index is -1.18. The van der Waals surface area contributed by atoms with Crippen LogP contribution in [-0.4, -0.2) is 15.9 Å². The van der Waals surface area contributed by atoms with Crippen LogP contribution in [0.15, 0.2) is 48.8 Å². The van der Waals surface area contributed by atoms with Crippen LogP contribution in [0.25, 0.3) is 10.8 Å². The molecule has 104 valence electrons. The smallest absolute Gasteiger partial charge is 0.276 e. The molecular formula is C15H13N5O. The Morgan fingerprint density at radius 3 is 2.76 bits per heavy atom. The van der Waals surface area contributed by atoms with Crippen LogP contribution in [-0.2, 0) is 5.79 Å². The second-order valence-corrected chi connectivity index (χ2v) is 5.04. The maximum Gasteiger partial charge on any atom is 0.276 e. The van der Waals surface area contributed by atoms with Crippen molar-refractivity contribution in [2.75, 3.05) is 5.32 Å². The molecule has 5 N–H and O–H groups in total. The zero-order valence-corrected chi connectivity index (χ0v) is 11.1. The summed E-state index contributed by atoms with van der Waals surface area (Å²) in [6, 6.07) is 13.7. The summed E-state index contributed by atoms with van der Waals surface area (Å²) in [6.07, 6.45) is 1.46. The van der Waals surface area contributed by atoms with Gasteiger partial charge in [-0.2, -0.15) is 0 Å². The first-order chi connectivity index (χ1) is 10.2. The van der Waals surface area contributed by atoms with Crippen molar-refractivity contribution in [1.82, 2.24) is 15.3 Å². The molecule has 21 heavy (non-hydrogen) atoms.